The Hall–Kier alpha value is -2.42. The number of aromatic nitrogens is 2. The fraction of sp³-hybridized carbons (Fsp3) is 0.300. The number of rotatable bonds is 1. The van der Waals surface area contributed by atoms with Crippen LogP contribution in [0.3, 0.4) is 0 Å². The number of nitrogens with zero attached hydrogens (tertiary/aromatic N) is 2. The third-order valence-corrected chi connectivity index (χ3v) is 5.46. The van der Waals surface area contributed by atoms with Gasteiger partial charge in [-0.1, -0.05) is 19.1 Å². The minimum Gasteiger partial charge on any atom is -0.369 e. The van der Waals surface area contributed by atoms with Crippen molar-refractivity contribution in [3.63, 3.8) is 0 Å². The van der Waals surface area contributed by atoms with Gasteiger partial charge in [-0.2, -0.15) is 0 Å². The molecular formula is C20H19N3. The first kappa shape index (κ1) is 13.1. The lowest BCUT2D eigenvalue weighted by atomic mass is 9.80. The molecule has 114 valence electrons. The van der Waals surface area contributed by atoms with E-state index in [1.807, 2.05) is 6.20 Å². The first-order valence-corrected chi connectivity index (χ1v) is 8.38. The predicted molar refractivity (Wildman–Crippen MR) is 92.9 cm³/mol. The van der Waals surface area contributed by atoms with Gasteiger partial charge in [0.25, 0.3) is 0 Å². The standard InChI is InChI=1S/C20H19N3/c1-2-16-6-5-13-8-14-10-20(11-15(14)9-18(13)23-16)12-22-19-17(20)4-3-7-21-19/h3-9H,2,10-12H2,1H3,(H,21,22)/t20-/m1/s1. The minimum absolute atomic E-state index is 0.177. The van der Waals surface area contributed by atoms with Crippen molar-refractivity contribution in [3.05, 3.63) is 65.0 Å². The van der Waals surface area contributed by atoms with Gasteiger partial charge >= 0.3 is 0 Å². The number of hydrogen-bond donors (Lipinski definition) is 1. The molecule has 3 nitrogen and oxygen atoms in total. The first-order valence-electron chi connectivity index (χ1n) is 8.38. The van der Waals surface area contributed by atoms with Crippen LogP contribution in [0.1, 0.15) is 29.3 Å². The molecule has 0 radical (unpaired) electrons. The van der Waals surface area contributed by atoms with Crippen molar-refractivity contribution < 1.29 is 0 Å². The molecule has 0 bridgehead atoms. The second-order valence-corrected chi connectivity index (χ2v) is 6.86. The maximum absolute atomic E-state index is 4.80. The predicted octanol–water partition coefficient (Wildman–Crippen LogP) is 3.65. The molecule has 0 unspecified atom stereocenters. The van der Waals surface area contributed by atoms with Gasteiger partial charge in [0.1, 0.15) is 5.82 Å². The zero-order valence-electron chi connectivity index (χ0n) is 13.3. The highest BCUT2D eigenvalue weighted by molar-refractivity contribution is 5.81. The average molecular weight is 301 g/mol. The third-order valence-electron chi connectivity index (χ3n) is 5.46. The van der Waals surface area contributed by atoms with E-state index in [1.165, 1.54) is 27.8 Å². The Bertz CT molecular complexity index is 931. The van der Waals surface area contributed by atoms with E-state index in [1.54, 1.807) is 0 Å². The van der Waals surface area contributed by atoms with E-state index in [4.69, 9.17) is 4.98 Å². The largest absolute Gasteiger partial charge is 0.369 e. The lowest BCUT2D eigenvalue weighted by Crippen LogP contribution is -2.28. The average Bonchev–Trinajstić information content (AvgIpc) is 3.13. The zero-order chi connectivity index (χ0) is 15.4. The van der Waals surface area contributed by atoms with E-state index >= 15 is 0 Å². The van der Waals surface area contributed by atoms with Crippen molar-refractivity contribution in [1.29, 1.82) is 0 Å². The summed E-state index contributed by atoms with van der Waals surface area (Å²) < 4.78 is 0. The van der Waals surface area contributed by atoms with E-state index in [9.17, 15) is 0 Å². The van der Waals surface area contributed by atoms with Crippen LogP contribution in [-0.2, 0) is 24.7 Å². The molecule has 2 aromatic heterocycles. The molecule has 5 rings (SSSR count). The summed E-state index contributed by atoms with van der Waals surface area (Å²) in [6.45, 7) is 3.14. The van der Waals surface area contributed by atoms with E-state index in [0.29, 0.717) is 0 Å². The number of aryl methyl sites for hydroxylation is 1. The smallest absolute Gasteiger partial charge is 0.129 e. The molecule has 0 saturated carbocycles. The summed E-state index contributed by atoms with van der Waals surface area (Å²) in [5, 5.41) is 4.76. The van der Waals surface area contributed by atoms with Crippen molar-refractivity contribution in [2.45, 2.75) is 31.6 Å². The van der Waals surface area contributed by atoms with Crippen LogP contribution in [0, 0.1) is 0 Å². The van der Waals surface area contributed by atoms with Gasteiger partial charge in [0.2, 0.25) is 0 Å². The normalized spacial score (nSPS) is 21.4. The monoisotopic (exact) mass is 301 g/mol. The summed E-state index contributed by atoms with van der Waals surface area (Å²) in [6, 6.07) is 13.3. The van der Waals surface area contributed by atoms with Crippen LogP contribution in [0.5, 0.6) is 0 Å². The first-order chi connectivity index (χ1) is 11.3. The number of benzene rings is 1. The Morgan fingerprint density at radius 3 is 2.87 bits per heavy atom. The lowest BCUT2D eigenvalue weighted by molar-refractivity contribution is 0.501. The molecule has 1 aromatic carbocycles. The number of hydrogen-bond acceptors (Lipinski definition) is 3. The summed E-state index contributed by atoms with van der Waals surface area (Å²) in [4.78, 5) is 9.30. The summed E-state index contributed by atoms with van der Waals surface area (Å²) >= 11 is 0. The van der Waals surface area contributed by atoms with E-state index in [-0.39, 0.29) is 5.41 Å². The number of anilines is 1. The Morgan fingerprint density at radius 2 is 2.00 bits per heavy atom. The summed E-state index contributed by atoms with van der Waals surface area (Å²) in [5.41, 5.74) is 6.79. The van der Waals surface area contributed by atoms with E-state index < -0.39 is 0 Å². The van der Waals surface area contributed by atoms with Crippen LogP contribution >= 0.6 is 0 Å². The van der Waals surface area contributed by atoms with Crippen LogP contribution in [0.25, 0.3) is 10.9 Å². The van der Waals surface area contributed by atoms with Crippen LogP contribution in [0.2, 0.25) is 0 Å². The SMILES string of the molecule is CCc1ccc2cc3c(cc2n1)C[C@@]1(CNc2ncccc21)C3. The van der Waals surface area contributed by atoms with Crippen LogP contribution in [0.4, 0.5) is 5.82 Å². The highest BCUT2D eigenvalue weighted by atomic mass is 15.0. The van der Waals surface area contributed by atoms with Gasteiger partial charge in [-0.25, -0.2) is 4.98 Å². The van der Waals surface area contributed by atoms with Crippen LogP contribution < -0.4 is 5.32 Å². The molecule has 0 fully saturated rings. The van der Waals surface area contributed by atoms with Gasteiger partial charge < -0.3 is 5.32 Å². The molecule has 1 N–H and O–H groups in total. The Morgan fingerprint density at radius 1 is 1.13 bits per heavy atom. The molecular weight excluding hydrogens is 282 g/mol. The quantitative estimate of drug-likeness (QED) is 0.745. The van der Waals surface area contributed by atoms with Crippen molar-refractivity contribution in [1.82, 2.24) is 9.97 Å². The zero-order valence-corrected chi connectivity index (χ0v) is 13.3. The number of fused-ring (bicyclic) bond motifs is 4. The topological polar surface area (TPSA) is 37.8 Å². The summed E-state index contributed by atoms with van der Waals surface area (Å²) in [7, 11) is 0. The fourth-order valence-electron chi connectivity index (χ4n) is 4.26. The molecule has 1 atom stereocenters. The molecule has 3 aromatic rings. The molecule has 3 heterocycles. The highest BCUT2D eigenvalue weighted by Gasteiger charge is 2.44. The molecule has 1 aliphatic carbocycles. The molecule has 23 heavy (non-hydrogen) atoms. The van der Waals surface area contributed by atoms with Gasteiger partial charge in [-0.05, 0) is 54.7 Å². The molecule has 1 spiro atoms. The number of pyridine rings is 2. The lowest BCUT2D eigenvalue weighted by Gasteiger charge is -2.22. The maximum Gasteiger partial charge on any atom is 0.129 e. The molecule has 1 aliphatic heterocycles. The number of nitrogens with one attached hydrogen (secondary N) is 1. The summed E-state index contributed by atoms with van der Waals surface area (Å²) in [6.07, 6.45) is 5.04. The van der Waals surface area contributed by atoms with Crippen LogP contribution in [-0.4, -0.2) is 16.5 Å². The molecule has 0 amide bonds. The minimum atomic E-state index is 0.177. The van der Waals surface area contributed by atoms with Crippen molar-refractivity contribution in [2.24, 2.45) is 0 Å². The molecule has 2 aliphatic rings. The Labute approximate surface area is 135 Å². The third kappa shape index (κ3) is 1.83. The molecule has 0 saturated heterocycles. The van der Waals surface area contributed by atoms with Gasteiger partial charge in [-0.3, -0.25) is 4.98 Å². The van der Waals surface area contributed by atoms with Crippen LogP contribution in [0.15, 0.2) is 42.6 Å². The highest BCUT2D eigenvalue weighted by Crippen LogP contribution is 2.46. The van der Waals surface area contributed by atoms with Crippen molar-refractivity contribution in [2.75, 3.05) is 11.9 Å². The van der Waals surface area contributed by atoms with Gasteiger partial charge in [0.05, 0.1) is 5.52 Å². The van der Waals surface area contributed by atoms with Crippen molar-refractivity contribution >= 4 is 16.7 Å². The molecule has 3 heteroatoms. The Balaban J connectivity index is 1.63. The second-order valence-electron chi connectivity index (χ2n) is 6.86. The van der Waals surface area contributed by atoms with E-state index in [0.717, 1.165) is 37.1 Å². The van der Waals surface area contributed by atoms with E-state index in [2.05, 4.69) is 53.6 Å². The second kappa shape index (κ2) is 4.54. The fourth-order valence-corrected chi connectivity index (χ4v) is 4.26. The van der Waals surface area contributed by atoms with Gasteiger partial charge in [-0.15, -0.1) is 0 Å². The van der Waals surface area contributed by atoms with Gasteiger partial charge in [0.15, 0.2) is 0 Å². The van der Waals surface area contributed by atoms with Crippen molar-refractivity contribution in [3.8, 4) is 0 Å². The summed E-state index contributed by atoms with van der Waals surface area (Å²) in [5.74, 6) is 1.07. The Kier molecular flexibility index (Phi) is 2.58. The maximum atomic E-state index is 4.80. The van der Waals surface area contributed by atoms with Gasteiger partial charge in [0, 0.05) is 34.8 Å².